The zero-order valence-electron chi connectivity index (χ0n) is 17.0. The predicted octanol–water partition coefficient (Wildman–Crippen LogP) is 5.38. The average molecular weight is 411 g/mol. The van der Waals surface area contributed by atoms with Crippen LogP contribution < -0.4 is 15.4 Å². The van der Waals surface area contributed by atoms with E-state index >= 15 is 0 Å². The molecule has 0 saturated heterocycles. The number of anilines is 3. The molecule has 156 valence electrons. The van der Waals surface area contributed by atoms with E-state index < -0.39 is 5.82 Å². The van der Waals surface area contributed by atoms with Crippen molar-refractivity contribution in [3.05, 3.63) is 59.8 Å². The molecular weight excluding hydrogens is 388 g/mol. The van der Waals surface area contributed by atoms with Gasteiger partial charge in [0.1, 0.15) is 17.2 Å². The summed E-state index contributed by atoms with van der Waals surface area (Å²) in [5.41, 5.74) is 2.37. The summed E-state index contributed by atoms with van der Waals surface area (Å²) in [4.78, 5) is 9.11. The first-order valence-electron chi connectivity index (χ1n) is 9.50. The van der Waals surface area contributed by atoms with Crippen LogP contribution in [0.2, 0.25) is 0 Å². The smallest absolute Gasteiger partial charge is 0.167 e. The highest BCUT2D eigenvalue weighted by Crippen LogP contribution is 2.31. The van der Waals surface area contributed by atoms with Gasteiger partial charge in [-0.25, -0.2) is 18.7 Å². The fourth-order valence-electron chi connectivity index (χ4n) is 2.98. The number of ether oxygens (including phenoxy) is 1. The summed E-state index contributed by atoms with van der Waals surface area (Å²) < 4.78 is 32.5. The van der Waals surface area contributed by atoms with Gasteiger partial charge in [-0.15, -0.1) is 0 Å². The van der Waals surface area contributed by atoms with Crippen molar-refractivity contribution in [3.63, 3.8) is 0 Å². The molecule has 1 aromatic heterocycles. The Kier molecular flexibility index (Phi) is 6.56. The second kappa shape index (κ2) is 9.30. The van der Waals surface area contributed by atoms with Gasteiger partial charge < -0.3 is 20.8 Å². The van der Waals surface area contributed by atoms with Crippen LogP contribution in [-0.4, -0.2) is 29.8 Å². The van der Waals surface area contributed by atoms with Crippen LogP contribution in [0.1, 0.15) is 25.5 Å². The third-order valence-electron chi connectivity index (χ3n) is 4.46. The third kappa shape index (κ3) is 4.53. The van der Waals surface area contributed by atoms with E-state index in [2.05, 4.69) is 20.6 Å². The van der Waals surface area contributed by atoms with Crippen molar-refractivity contribution in [1.82, 2.24) is 9.97 Å². The standard InChI is InChI=1S/C22H23F2N5O/c1-4-5-17(25)19-20(26-2)22(27-15-10-11-18(30-3)16(24)12-15)29-21(28-19)13-6-8-14(23)9-7-13/h6-12,25-26H,4-5H2,1-3H3,(H,27,28,29). The zero-order valence-corrected chi connectivity index (χ0v) is 17.0. The van der Waals surface area contributed by atoms with Crippen LogP contribution in [0.3, 0.4) is 0 Å². The summed E-state index contributed by atoms with van der Waals surface area (Å²) in [5.74, 6) is -0.0278. The molecule has 0 bridgehead atoms. The van der Waals surface area contributed by atoms with Gasteiger partial charge in [0.05, 0.1) is 12.8 Å². The molecule has 0 radical (unpaired) electrons. The van der Waals surface area contributed by atoms with Crippen LogP contribution in [0.4, 0.5) is 26.0 Å². The first-order chi connectivity index (χ1) is 14.5. The van der Waals surface area contributed by atoms with Crippen molar-refractivity contribution >= 4 is 22.9 Å². The van der Waals surface area contributed by atoms with Crippen LogP contribution in [0.5, 0.6) is 5.75 Å². The van der Waals surface area contributed by atoms with Gasteiger partial charge in [-0.2, -0.15) is 0 Å². The maximum absolute atomic E-state index is 14.1. The summed E-state index contributed by atoms with van der Waals surface area (Å²) in [6, 6.07) is 10.3. The first kappa shape index (κ1) is 21.2. The highest BCUT2D eigenvalue weighted by Gasteiger charge is 2.18. The minimum absolute atomic E-state index is 0.134. The zero-order chi connectivity index (χ0) is 21.7. The minimum Gasteiger partial charge on any atom is -0.494 e. The summed E-state index contributed by atoms with van der Waals surface area (Å²) in [6.45, 7) is 1.98. The predicted molar refractivity (Wildman–Crippen MR) is 115 cm³/mol. The molecule has 0 atom stereocenters. The van der Waals surface area contributed by atoms with Crippen molar-refractivity contribution in [1.29, 1.82) is 5.41 Å². The summed E-state index contributed by atoms with van der Waals surface area (Å²) in [5, 5.41) is 14.6. The third-order valence-corrected chi connectivity index (χ3v) is 4.46. The number of halogens is 2. The molecule has 0 fully saturated rings. The molecule has 0 saturated carbocycles. The van der Waals surface area contributed by atoms with Crippen LogP contribution in [0.15, 0.2) is 42.5 Å². The number of rotatable bonds is 8. The number of methoxy groups -OCH3 is 1. The van der Waals surface area contributed by atoms with Crippen molar-refractivity contribution in [2.24, 2.45) is 0 Å². The number of hydrogen-bond acceptors (Lipinski definition) is 6. The molecule has 2 aromatic carbocycles. The molecule has 0 aliphatic heterocycles. The maximum Gasteiger partial charge on any atom is 0.167 e. The van der Waals surface area contributed by atoms with E-state index in [1.165, 1.54) is 31.4 Å². The van der Waals surface area contributed by atoms with Crippen LogP contribution in [0.25, 0.3) is 11.4 Å². The fourth-order valence-corrected chi connectivity index (χ4v) is 2.98. The van der Waals surface area contributed by atoms with E-state index in [-0.39, 0.29) is 11.6 Å². The molecule has 1 heterocycles. The van der Waals surface area contributed by atoms with E-state index in [1.54, 1.807) is 25.2 Å². The maximum atomic E-state index is 14.1. The summed E-state index contributed by atoms with van der Waals surface area (Å²) >= 11 is 0. The molecule has 30 heavy (non-hydrogen) atoms. The second-order valence-electron chi connectivity index (χ2n) is 6.58. The Labute approximate surface area is 173 Å². The summed E-state index contributed by atoms with van der Waals surface area (Å²) in [6.07, 6.45) is 1.31. The number of aromatic nitrogens is 2. The van der Waals surface area contributed by atoms with Gasteiger partial charge in [0, 0.05) is 24.4 Å². The Morgan fingerprint density at radius 2 is 1.83 bits per heavy atom. The van der Waals surface area contributed by atoms with Gasteiger partial charge in [0.25, 0.3) is 0 Å². The van der Waals surface area contributed by atoms with E-state index in [1.807, 2.05) is 6.92 Å². The molecular formula is C22H23F2N5O. The van der Waals surface area contributed by atoms with Gasteiger partial charge in [0.2, 0.25) is 0 Å². The molecule has 3 N–H and O–H groups in total. The molecule has 3 aromatic rings. The van der Waals surface area contributed by atoms with Crippen molar-refractivity contribution < 1.29 is 13.5 Å². The van der Waals surface area contributed by atoms with E-state index in [4.69, 9.17) is 10.1 Å². The van der Waals surface area contributed by atoms with Gasteiger partial charge >= 0.3 is 0 Å². The number of nitrogens with zero attached hydrogens (tertiary/aromatic N) is 2. The largest absolute Gasteiger partial charge is 0.494 e. The Balaban J connectivity index is 2.12. The highest BCUT2D eigenvalue weighted by atomic mass is 19.1. The van der Waals surface area contributed by atoms with E-state index in [9.17, 15) is 8.78 Å². The number of hydrogen-bond donors (Lipinski definition) is 3. The molecule has 0 amide bonds. The van der Waals surface area contributed by atoms with Gasteiger partial charge in [-0.1, -0.05) is 13.3 Å². The highest BCUT2D eigenvalue weighted by molar-refractivity contribution is 6.03. The minimum atomic E-state index is -0.514. The second-order valence-corrected chi connectivity index (χ2v) is 6.58. The molecule has 8 heteroatoms. The molecule has 0 aliphatic carbocycles. The Bertz CT molecular complexity index is 1050. The van der Waals surface area contributed by atoms with Crippen molar-refractivity contribution in [2.75, 3.05) is 24.8 Å². The van der Waals surface area contributed by atoms with Crippen molar-refractivity contribution in [3.8, 4) is 17.1 Å². The van der Waals surface area contributed by atoms with Crippen LogP contribution in [0, 0.1) is 17.0 Å². The average Bonchev–Trinajstić information content (AvgIpc) is 2.74. The number of nitrogens with one attached hydrogen (secondary N) is 3. The topological polar surface area (TPSA) is 82.9 Å². The lowest BCUT2D eigenvalue weighted by Gasteiger charge is -2.17. The summed E-state index contributed by atoms with van der Waals surface area (Å²) in [7, 11) is 3.11. The van der Waals surface area contributed by atoms with E-state index in [0.717, 1.165) is 6.42 Å². The lowest BCUT2D eigenvalue weighted by atomic mass is 10.1. The van der Waals surface area contributed by atoms with Crippen LogP contribution >= 0.6 is 0 Å². The first-order valence-corrected chi connectivity index (χ1v) is 9.50. The van der Waals surface area contributed by atoms with Gasteiger partial charge in [0.15, 0.2) is 23.2 Å². The fraction of sp³-hybridized carbons (Fsp3) is 0.227. The van der Waals surface area contributed by atoms with Gasteiger partial charge in [-0.05, 0) is 42.8 Å². The molecule has 0 spiro atoms. The molecule has 6 nitrogen and oxygen atoms in total. The molecule has 0 aliphatic rings. The van der Waals surface area contributed by atoms with Gasteiger partial charge in [-0.3, -0.25) is 0 Å². The quantitative estimate of drug-likeness (QED) is 0.433. The van der Waals surface area contributed by atoms with Crippen LogP contribution in [-0.2, 0) is 0 Å². The SMILES string of the molecule is CCCC(=N)c1nc(-c2ccc(F)cc2)nc(Nc2ccc(OC)c(F)c2)c1NC. The Morgan fingerprint density at radius 1 is 1.10 bits per heavy atom. The normalized spacial score (nSPS) is 10.6. The Morgan fingerprint density at radius 3 is 2.43 bits per heavy atom. The Hall–Kier alpha value is -3.55. The van der Waals surface area contributed by atoms with Crippen molar-refractivity contribution in [2.45, 2.75) is 19.8 Å². The molecule has 3 rings (SSSR count). The number of benzene rings is 2. The monoisotopic (exact) mass is 411 g/mol. The van der Waals surface area contributed by atoms with E-state index in [0.29, 0.717) is 46.4 Å². The lowest BCUT2D eigenvalue weighted by molar-refractivity contribution is 0.386. The lowest BCUT2D eigenvalue weighted by Crippen LogP contribution is -2.12. The molecule has 0 unspecified atom stereocenters.